The summed E-state index contributed by atoms with van der Waals surface area (Å²) < 4.78 is 53.1. The minimum Gasteiger partial charge on any atom is -0.354 e. The van der Waals surface area contributed by atoms with Crippen molar-refractivity contribution in [1.29, 1.82) is 0 Å². The second kappa shape index (κ2) is 8.06. The van der Waals surface area contributed by atoms with Crippen LogP contribution < -0.4 is 10.2 Å². The highest BCUT2D eigenvalue weighted by Crippen LogP contribution is 2.35. The molecule has 1 N–H and O–H groups in total. The summed E-state index contributed by atoms with van der Waals surface area (Å²) in [6, 6.07) is 2.21. The maximum absolute atomic E-state index is 13.4. The van der Waals surface area contributed by atoms with E-state index in [1.165, 1.54) is 12.3 Å². The molecule has 0 radical (unpaired) electrons. The topological polar surface area (TPSA) is 51.7 Å². The first-order valence-corrected chi connectivity index (χ1v) is 10.0. The molecule has 3 aliphatic rings. The monoisotopic (exact) mass is 415 g/mol. The standard InChI is InChI=1S/C19H25F4N5O/c20-13-3-5-28(12-13)18(29)16-10-14(11-25-16)26-6-8-27(9-7-26)17-15(19(21,22)23)2-1-4-24-17/h1-2,4,13-14,16,25H,3,5-12H2/t13?,14-,16-/m0/s1. The molecule has 10 heteroatoms. The molecule has 4 rings (SSSR count). The number of piperazine rings is 1. The van der Waals surface area contributed by atoms with E-state index in [-0.39, 0.29) is 30.4 Å². The molecule has 0 spiro atoms. The van der Waals surface area contributed by atoms with E-state index in [2.05, 4.69) is 15.2 Å². The van der Waals surface area contributed by atoms with Gasteiger partial charge in [0.05, 0.1) is 18.2 Å². The van der Waals surface area contributed by atoms with Crippen LogP contribution in [0.1, 0.15) is 18.4 Å². The highest BCUT2D eigenvalue weighted by atomic mass is 19.4. The van der Waals surface area contributed by atoms with Crippen LogP contribution in [0.25, 0.3) is 0 Å². The molecule has 1 aromatic heterocycles. The third-order valence-electron chi connectivity index (χ3n) is 6.07. The van der Waals surface area contributed by atoms with Gasteiger partial charge in [-0.2, -0.15) is 13.2 Å². The van der Waals surface area contributed by atoms with Crippen LogP contribution >= 0.6 is 0 Å². The summed E-state index contributed by atoms with van der Waals surface area (Å²) in [5.41, 5.74) is -0.710. The Hall–Kier alpha value is -1.94. The number of likely N-dealkylation sites (tertiary alicyclic amines) is 1. The number of anilines is 1. The quantitative estimate of drug-likeness (QED) is 0.759. The lowest BCUT2D eigenvalue weighted by Gasteiger charge is -2.39. The zero-order valence-electron chi connectivity index (χ0n) is 16.0. The maximum atomic E-state index is 13.4. The van der Waals surface area contributed by atoms with Crippen LogP contribution in [0, 0.1) is 0 Å². The van der Waals surface area contributed by atoms with Crippen LogP contribution in [0.2, 0.25) is 0 Å². The molecule has 0 bridgehead atoms. The average molecular weight is 415 g/mol. The molecule has 3 atom stereocenters. The highest BCUT2D eigenvalue weighted by Gasteiger charge is 2.39. The predicted octanol–water partition coefficient (Wildman–Crippen LogP) is 1.52. The van der Waals surface area contributed by atoms with Crippen LogP contribution in [0.3, 0.4) is 0 Å². The third kappa shape index (κ3) is 4.32. The molecule has 1 aromatic rings. The predicted molar refractivity (Wildman–Crippen MR) is 99.3 cm³/mol. The van der Waals surface area contributed by atoms with E-state index < -0.39 is 17.9 Å². The Balaban J connectivity index is 1.32. The number of hydrogen-bond donors (Lipinski definition) is 1. The molecule has 4 heterocycles. The maximum Gasteiger partial charge on any atom is 0.419 e. The molecule has 0 aliphatic carbocycles. The number of nitrogens with zero attached hydrogens (tertiary/aromatic N) is 4. The fourth-order valence-corrected chi connectivity index (χ4v) is 4.49. The number of rotatable bonds is 3. The largest absolute Gasteiger partial charge is 0.419 e. The van der Waals surface area contributed by atoms with Crippen molar-refractivity contribution in [3.05, 3.63) is 23.9 Å². The Morgan fingerprint density at radius 3 is 2.59 bits per heavy atom. The number of amides is 1. The van der Waals surface area contributed by atoms with Gasteiger partial charge in [-0.25, -0.2) is 9.37 Å². The van der Waals surface area contributed by atoms with Crippen LogP contribution in [-0.2, 0) is 11.0 Å². The lowest BCUT2D eigenvalue weighted by molar-refractivity contribution is -0.137. The number of halogens is 4. The van der Waals surface area contributed by atoms with Gasteiger partial charge in [0.2, 0.25) is 5.91 Å². The Kier molecular flexibility index (Phi) is 5.65. The molecule has 3 saturated heterocycles. The molecule has 3 fully saturated rings. The summed E-state index contributed by atoms with van der Waals surface area (Å²) in [5.74, 6) is -0.0679. The lowest BCUT2D eigenvalue weighted by atomic mass is 10.1. The lowest BCUT2D eigenvalue weighted by Crippen LogP contribution is -2.51. The molecular formula is C19H25F4N5O. The molecular weight excluding hydrogens is 390 g/mol. The zero-order chi connectivity index (χ0) is 20.6. The third-order valence-corrected chi connectivity index (χ3v) is 6.07. The number of pyridine rings is 1. The fourth-order valence-electron chi connectivity index (χ4n) is 4.49. The number of nitrogens with one attached hydrogen (secondary N) is 1. The Morgan fingerprint density at radius 2 is 1.93 bits per heavy atom. The summed E-state index contributed by atoms with van der Waals surface area (Å²) in [5, 5.41) is 3.24. The summed E-state index contributed by atoms with van der Waals surface area (Å²) in [6.07, 6.45) is -2.94. The molecule has 6 nitrogen and oxygen atoms in total. The van der Waals surface area contributed by atoms with Crippen molar-refractivity contribution in [3.63, 3.8) is 0 Å². The summed E-state index contributed by atoms with van der Waals surface area (Å²) in [6.45, 7) is 3.41. The minimum atomic E-state index is -4.43. The van der Waals surface area contributed by atoms with Crippen LogP contribution in [-0.4, -0.2) is 84.8 Å². The zero-order valence-corrected chi connectivity index (χ0v) is 16.0. The minimum absolute atomic E-state index is 0.0212. The van der Waals surface area contributed by atoms with Crippen molar-refractivity contribution in [3.8, 4) is 0 Å². The van der Waals surface area contributed by atoms with Crippen molar-refractivity contribution in [2.45, 2.75) is 37.3 Å². The number of carbonyl (C=O) groups excluding carboxylic acids is 1. The van der Waals surface area contributed by atoms with Crippen molar-refractivity contribution >= 4 is 11.7 Å². The van der Waals surface area contributed by atoms with Crippen molar-refractivity contribution in [2.75, 3.05) is 50.7 Å². The van der Waals surface area contributed by atoms with Crippen molar-refractivity contribution in [1.82, 2.24) is 20.1 Å². The summed E-state index contributed by atoms with van der Waals surface area (Å²) in [7, 11) is 0. The van der Waals surface area contributed by atoms with E-state index in [4.69, 9.17) is 0 Å². The van der Waals surface area contributed by atoms with E-state index in [0.29, 0.717) is 52.1 Å². The van der Waals surface area contributed by atoms with E-state index in [1.54, 1.807) is 9.80 Å². The van der Waals surface area contributed by atoms with Gasteiger partial charge in [-0.1, -0.05) is 0 Å². The first kappa shape index (κ1) is 20.3. The van der Waals surface area contributed by atoms with Crippen molar-refractivity contribution in [2.24, 2.45) is 0 Å². The van der Waals surface area contributed by atoms with Crippen LogP contribution in [0.5, 0.6) is 0 Å². The van der Waals surface area contributed by atoms with Gasteiger partial charge >= 0.3 is 6.18 Å². The molecule has 1 amide bonds. The Labute approximate surface area is 166 Å². The second-order valence-corrected chi connectivity index (χ2v) is 7.92. The van der Waals surface area contributed by atoms with Gasteiger partial charge in [-0.15, -0.1) is 0 Å². The summed E-state index contributed by atoms with van der Waals surface area (Å²) in [4.78, 5) is 22.0. The first-order chi connectivity index (χ1) is 13.8. The number of alkyl halides is 4. The van der Waals surface area contributed by atoms with Gasteiger partial charge in [0.25, 0.3) is 0 Å². The molecule has 3 aliphatic heterocycles. The van der Waals surface area contributed by atoms with Crippen LogP contribution in [0.15, 0.2) is 18.3 Å². The smallest absolute Gasteiger partial charge is 0.354 e. The normalized spacial score (nSPS) is 28.9. The van der Waals surface area contributed by atoms with E-state index >= 15 is 0 Å². The van der Waals surface area contributed by atoms with Gasteiger partial charge in [0, 0.05) is 51.5 Å². The molecule has 1 unspecified atom stereocenters. The second-order valence-electron chi connectivity index (χ2n) is 7.92. The first-order valence-electron chi connectivity index (χ1n) is 10.0. The van der Waals surface area contributed by atoms with Crippen LogP contribution in [0.4, 0.5) is 23.4 Å². The van der Waals surface area contributed by atoms with Gasteiger partial charge in [-0.3, -0.25) is 9.69 Å². The molecule has 160 valence electrons. The van der Waals surface area contributed by atoms with E-state index in [0.717, 1.165) is 6.07 Å². The SMILES string of the molecule is O=C([C@@H]1C[C@H](N2CCN(c3ncccc3C(F)(F)F)CC2)CN1)N1CCC(F)C1. The average Bonchev–Trinajstić information content (AvgIpc) is 3.36. The Bertz CT molecular complexity index is 738. The molecule has 0 saturated carbocycles. The number of carbonyl (C=O) groups is 1. The fraction of sp³-hybridized carbons (Fsp3) is 0.684. The van der Waals surface area contributed by atoms with Gasteiger partial charge in [0.15, 0.2) is 0 Å². The number of hydrogen-bond acceptors (Lipinski definition) is 5. The van der Waals surface area contributed by atoms with E-state index in [9.17, 15) is 22.4 Å². The van der Waals surface area contributed by atoms with Gasteiger partial charge in [-0.05, 0) is 25.0 Å². The summed E-state index contributed by atoms with van der Waals surface area (Å²) >= 11 is 0. The highest BCUT2D eigenvalue weighted by molar-refractivity contribution is 5.82. The van der Waals surface area contributed by atoms with Crippen molar-refractivity contribution < 1.29 is 22.4 Å². The molecule has 29 heavy (non-hydrogen) atoms. The van der Waals surface area contributed by atoms with Gasteiger partial charge < -0.3 is 15.1 Å². The number of aromatic nitrogens is 1. The Morgan fingerprint density at radius 1 is 1.17 bits per heavy atom. The van der Waals surface area contributed by atoms with Gasteiger partial charge in [0.1, 0.15) is 12.0 Å². The van der Waals surface area contributed by atoms with E-state index in [1.807, 2.05) is 0 Å². The molecule has 0 aromatic carbocycles.